The highest BCUT2D eigenvalue weighted by Gasteiger charge is 2.23. The highest BCUT2D eigenvalue weighted by Crippen LogP contribution is 2.29. The van der Waals surface area contributed by atoms with Gasteiger partial charge in [-0.25, -0.2) is 4.39 Å². The first kappa shape index (κ1) is 20.4. The van der Waals surface area contributed by atoms with Crippen LogP contribution in [0.5, 0.6) is 5.75 Å². The van der Waals surface area contributed by atoms with E-state index in [1.54, 1.807) is 25.1 Å². The number of nitro benzene ring substituents is 1. The second-order valence-corrected chi connectivity index (χ2v) is 6.05. The number of carbonyl (C=O) groups is 1. The van der Waals surface area contributed by atoms with E-state index >= 15 is 0 Å². The minimum Gasteiger partial charge on any atom is -0.506 e. The van der Waals surface area contributed by atoms with E-state index in [0.29, 0.717) is 0 Å². The second kappa shape index (κ2) is 8.18. The van der Waals surface area contributed by atoms with Crippen LogP contribution in [-0.4, -0.2) is 33.0 Å². The maximum absolute atomic E-state index is 13.9. The quantitative estimate of drug-likeness (QED) is 0.267. The molecule has 2 aromatic carbocycles. The van der Waals surface area contributed by atoms with Crippen LogP contribution in [0, 0.1) is 34.2 Å². The van der Waals surface area contributed by atoms with Gasteiger partial charge in [0.1, 0.15) is 17.6 Å². The number of phenols is 1. The highest BCUT2D eigenvalue weighted by atomic mass is 19.1. The molecule has 0 fully saturated rings. The average molecular weight is 385 g/mol. The second-order valence-electron chi connectivity index (χ2n) is 6.05. The number of aliphatic hydroxyl groups excluding tert-OH is 1. The van der Waals surface area contributed by atoms with Crippen molar-refractivity contribution in [1.82, 2.24) is 4.90 Å². The summed E-state index contributed by atoms with van der Waals surface area (Å²) in [5.74, 6) is -2.83. The molecule has 0 saturated carbocycles. The summed E-state index contributed by atoms with van der Waals surface area (Å²) < 4.78 is 13.9. The number of likely N-dealkylation sites (N-methyl/N-ethyl adjacent to an activating group) is 1. The lowest BCUT2D eigenvalue weighted by atomic mass is 10.1. The number of nitrogens with zero attached hydrogens (tertiary/aromatic N) is 3. The number of aryl methyl sites for hydroxylation is 1. The molecule has 0 aromatic heterocycles. The van der Waals surface area contributed by atoms with Crippen molar-refractivity contribution in [3.8, 4) is 11.8 Å². The predicted octanol–water partition coefficient (Wildman–Crippen LogP) is 3.20. The Kier molecular flexibility index (Phi) is 5.95. The monoisotopic (exact) mass is 385 g/mol. The number of hydrogen-bond acceptors (Lipinski definition) is 6. The Labute approximate surface area is 159 Å². The molecular formula is C19H16FN3O5. The minimum absolute atomic E-state index is 0.152. The molecule has 0 aliphatic carbocycles. The summed E-state index contributed by atoms with van der Waals surface area (Å²) in [6, 6.07) is 8.89. The molecule has 2 aromatic rings. The number of benzene rings is 2. The molecule has 2 N–H and O–H groups in total. The van der Waals surface area contributed by atoms with E-state index in [-0.39, 0.29) is 17.7 Å². The van der Waals surface area contributed by atoms with Crippen LogP contribution in [0.15, 0.2) is 42.0 Å². The lowest BCUT2D eigenvalue weighted by Crippen LogP contribution is -2.28. The number of nitriles is 1. The molecule has 0 heterocycles. The van der Waals surface area contributed by atoms with Gasteiger partial charge in [-0.3, -0.25) is 14.9 Å². The molecule has 1 amide bonds. The molecule has 0 saturated heterocycles. The zero-order valence-corrected chi connectivity index (χ0v) is 15.0. The summed E-state index contributed by atoms with van der Waals surface area (Å²) in [6.45, 7) is 1.61. The van der Waals surface area contributed by atoms with Gasteiger partial charge in [-0.2, -0.15) is 5.26 Å². The first-order chi connectivity index (χ1) is 13.1. The van der Waals surface area contributed by atoms with Crippen LogP contribution < -0.4 is 0 Å². The van der Waals surface area contributed by atoms with Gasteiger partial charge in [0.05, 0.1) is 4.92 Å². The molecule has 144 valence electrons. The number of amides is 1. The van der Waals surface area contributed by atoms with Gasteiger partial charge < -0.3 is 15.1 Å². The third kappa shape index (κ3) is 4.24. The lowest BCUT2D eigenvalue weighted by Gasteiger charge is -2.18. The van der Waals surface area contributed by atoms with E-state index in [9.17, 15) is 34.8 Å². The van der Waals surface area contributed by atoms with Crippen LogP contribution in [-0.2, 0) is 11.3 Å². The molecule has 2 rings (SSSR count). The van der Waals surface area contributed by atoms with Gasteiger partial charge in [0.25, 0.3) is 5.91 Å². The van der Waals surface area contributed by atoms with Crippen molar-refractivity contribution in [2.24, 2.45) is 0 Å². The van der Waals surface area contributed by atoms with Crippen LogP contribution in [0.2, 0.25) is 0 Å². The predicted molar refractivity (Wildman–Crippen MR) is 97.5 cm³/mol. The molecule has 0 atom stereocenters. The maximum atomic E-state index is 13.9. The minimum atomic E-state index is -0.892. The van der Waals surface area contributed by atoms with E-state index in [1.165, 1.54) is 13.1 Å². The molecule has 0 spiro atoms. The van der Waals surface area contributed by atoms with E-state index in [2.05, 4.69) is 0 Å². The Morgan fingerprint density at radius 2 is 2.00 bits per heavy atom. The topological polar surface area (TPSA) is 128 Å². The standard InChI is InChI=1S/C19H16FN3O5/c1-11-3-5-15(20)13(7-11)10-22(2)19(26)14(9-21)18(25)12-4-6-17(24)16(8-12)23(27)28/h3-8,24-25H,10H2,1-2H3/b18-14-. The van der Waals surface area contributed by atoms with Crippen LogP contribution >= 0.6 is 0 Å². The van der Waals surface area contributed by atoms with Crippen LogP contribution in [0.25, 0.3) is 5.76 Å². The van der Waals surface area contributed by atoms with Crippen molar-refractivity contribution in [3.63, 3.8) is 0 Å². The smallest absolute Gasteiger partial charge is 0.311 e. The number of nitro groups is 1. The number of phenolic OH excluding ortho intramolecular Hbond substituents is 1. The Bertz CT molecular complexity index is 1030. The number of aromatic hydroxyl groups is 1. The summed E-state index contributed by atoms with van der Waals surface area (Å²) in [5, 5.41) is 40.0. The van der Waals surface area contributed by atoms with Crippen molar-refractivity contribution in [1.29, 1.82) is 5.26 Å². The maximum Gasteiger partial charge on any atom is 0.311 e. The van der Waals surface area contributed by atoms with Gasteiger partial charge in [0.2, 0.25) is 0 Å². The molecule has 8 nitrogen and oxygen atoms in total. The van der Waals surface area contributed by atoms with Gasteiger partial charge in [-0.15, -0.1) is 0 Å². The zero-order valence-electron chi connectivity index (χ0n) is 15.0. The Hall–Kier alpha value is -3.93. The van der Waals surface area contributed by atoms with Crippen LogP contribution in [0.1, 0.15) is 16.7 Å². The number of rotatable bonds is 5. The third-order valence-electron chi connectivity index (χ3n) is 3.96. The Morgan fingerprint density at radius 3 is 2.61 bits per heavy atom. The van der Waals surface area contributed by atoms with Crippen molar-refractivity contribution in [2.45, 2.75) is 13.5 Å². The van der Waals surface area contributed by atoms with Crippen LogP contribution in [0.3, 0.4) is 0 Å². The molecule has 0 radical (unpaired) electrons. The highest BCUT2D eigenvalue weighted by molar-refractivity contribution is 6.03. The van der Waals surface area contributed by atoms with E-state index < -0.39 is 39.4 Å². The van der Waals surface area contributed by atoms with Gasteiger partial charge in [0.15, 0.2) is 11.3 Å². The molecule has 0 aliphatic heterocycles. The summed E-state index contributed by atoms with van der Waals surface area (Å²) in [5.41, 5.74) is -0.537. The molecule has 0 unspecified atom stereocenters. The summed E-state index contributed by atoms with van der Waals surface area (Å²) >= 11 is 0. The van der Waals surface area contributed by atoms with Gasteiger partial charge in [0, 0.05) is 30.8 Å². The fraction of sp³-hybridized carbons (Fsp3) is 0.158. The first-order valence-electron chi connectivity index (χ1n) is 7.97. The van der Waals surface area contributed by atoms with Gasteiger partial charge >= 0.3 is 5.69 Å². The fourth-order valence-corrected chi connectivity index (χ4v) is 2.51. The van der Waals surface area contributed by atoms with E-state index in [4.69, 9.17) is 0 Å². The number of halogens is 1. The van der Waals surface area contributed by atoms with Crippen molar-refractivity contribution in [3.05, 3.63) is 74.6 Å². The summed E-state index contributed by atoms with van der Waals surface area (Å²) in [7, 11) is 1.33. The largest absolute Gasteiger partial charge is 0.506 e. The van der Waals surface area contributed by atoms with E-state index in [1.807, 2.05) is 0 Å². The normalized spacial score (nSPS) is 11.4. The van der Waals surface area contributed by atoms with Gasteiger partial charge in [-0.1, -0.05) is 17.7 Å². The van der Waals surface area contributed by atoms with E-state index in [0.717, 1.165) is 28.7 Å². The molecular weight excluding hydrogens is 369 g/mol. The number of carbonyl (C=O) groups excluding carboxylic acids is 1. The third-order valence-corrected chi connectivity index (χ3v) is 3.96. The molecule has 9 heteroatoms. The van der Waals surface area contributed by atoms with Crippen molar-refractivity contribution < 1.29 is 24.3 Å². The molecule has 0 aliphatic rings. The summed E-state index contributed by atoms with van der Waals surface area (Å²) in [4.78, 5) is 23.6. The molecule has 28 heavy (non-hydrogen) atoms. The number of hydrogen-bond donors (Lipinski definition) is 2. The molecule has 0 bridgehead atoms. The first-order valence-corrected chi connectivity index (χ1v) is 7.97. The Balaban J connectivity index is 2.38. The zero-order chi connectivity index (χ0) is 21.0. The van der Waals surface area contributed by atoms with Gasteiger partial charge in [-0.05, 0) is 25.1 Å². The Morgan fingerprint density at radius 1 is 1.32 bits per heavy atom. The average Bonchev–Trinajstić information content (AvgIpc) is 2.65. The van der Waals surface area contributed by atoms with Crippen molar-refractivity contribution >= 4 is 17.4 Å². The SMILES string of the molecule is Cc1ccc(F)c(CN(C)C(=O)/C(C#N)=C(\O)c2ccc(O)c([N+](=O)[O-])c2)c1. The fourth-order valence-electron chi connectivity index (χ4n) is 2.51. The van der Waals surface area contributed by atoms with Crippen molar-refractivity contribution in [2.75, 3.05) is 7.05 Å². The van der Waals surface area contributed by atoms with Crippen LogP contribution in [0.4, 0.5) is 10.1 Å². The summed E-state index contributed by atoms with van der Waals surface area (Å²) in [6.07, 6.45) is 0. The lowest BCUT2D eigenvalue weighted by molar-refractivity contribution is -0.385. The number of aliphatic hydroxyl groups is 1.